The number of carbonyl (C=O) groups excluding carboxylic acids is 2. The third-order valence-electron chi connectivity index (χ3n) is 4.73. The van der Waals surface area contributed by atoms with Crippen LogP contribution in [0.25, 0.3) is 0 Å². The number of para-hydroxylation sites is 1. The Labute approximate surface area is 176 Å². The van der Waals surface area contributed by atoms with Gasteiger partial charge in [0, 0.05) is 17.5 Å². The van der Waals surface area contributed by atoms with Crippen molar-refractivity contribution in [1.82, 2.24) is 0 Å². The van der Waals surface area contributed by atoms with Gasteiger partial charge in [0.15, 0.2) is 17.6 Å². The molecule has 30 heavy (non-hydrogen) atoms. The first kappa shape index (κ1) is 21.1. The molecule has 0 spiro atoms. The maximum absolute atomic E-state index is 13.0. The third-order valence-corrected chi connectivity index (χ3v) is 4.73. The Kier molecular flexibility index (Phi) is 7.22. The Hall–Kier alpha value is -3.60. The fourth-order valence-electron chi connectivity index (χ4n) is 3.23. The summed E-state index contributed by atoms with van der Waals surface area (Å²) in [5, 5.41) is 0. The largest absolute Gasteiger partial charge is 0.493 e. The van der Waals surface area contributed by atoms with Gasteiger partial charge in [-0.05, 0) is 18.1 Å². The maximum Gasteiger partial charge on any atom is 0.307 e. The van der Waals surface area contributed by atoms with Crippen LogP contribution in [0.3, 0.4) is 0 Å². The van der Waals surface area contributed by atoms with E-state index in [2.05, 4.69) is 0 Å². The van der Waals surface area contributed by atoms with Crippen LogP contribution in [-0.2, 0) is 16.0 Å². The molecular formula is C25H24O5. The van der Waals surface area contributed by atoms with Crippen molar-refractivity contribution in [2.24, 2.45) is 0 Å². The number of hydrogen-bond donors (Lipinski definition) is 0. The van der Waals surface area contributed by atoms with Crippen molar-refractivity contribution >= 4 is 11.8 Å². The fourth-order valence-corrected chi connectivity index (χ4v) is 3.23. The number of hydrogen-bond acceptors (Lipinski definition) is 5. The molecule has 0 bridgehead atoms. The van der Waals surface area contributed by atoms with E-state index >= 15 is 0 Å². The van der Waals surface area contributed by atoms with E-state index in [4.69, 9.17) is 14.2 Å². The van der Waals surface area contributed by atoms with Gasteiger partial charge in [0.05, 0.1) is 14.2 Å². The lowest BCUT2D eigenvalue weighted by atomic mass is 9.99. The smallest absolute Gasteiger partial charge is 0.307 e. The summed E-state index contributed by atoms with van der Waals surface area (Å²) in [6.07, 6.45) is -0.483. The first-order chi connectivity index (χ1) is 14.6. The van der Waals surface area contributed by atoms with Gasteiger partial charge in [0.2, 0.25) is 5.78 Å². The summed E-state index contributed by atoms with van der Waals surface area (Å²) in [6, 6.07) is 23.4. The SMILES string of the molecule is COc1cccc(CCC(=O)OC(C(=O)c2ccccc2)c2ccccc2)c1OC. The molecule has 1 unspecified atom stereocenters. The average Bonchev–Trinajstić information content (AvgIpc) is 2.81. The summed E-state index contributed by atoms with van der Waals surface area (Å²) in [5.41, 5.74) is 1.96. The summed E-state index contributed by atoms with van der Waals surface area (Å²) >= 11 is 0. The fraction of sp³-hybridized carbons (Fsp3) is 0.200. The zero-order valence-corrected chi connectivity index (χ0v) is 17.0. The molecule has 0 fully saturated rings. The summed E-state index contributed by atoms with van der Waals surface area (Å²) in [4.78, 5) is 25.7. The highest BCUT2D eigenvalue weighted by Gasteiger charge is 2.26. The van der Waals surface area contributed by atoms with Crippen LogP contribution in [0.15, 0.2) is 78.9 Å². The topological polar surface area (TPSA) is 61.8 Å². The number of esters is 1. The van der Waals surface area contributed by atoms with Crippen LogP contribution in [0.5, 0.6) is 11.5 Å². The molecule has 0 aliphatic heterocycles. The van der Waals surface area contributed by atoms with Crippen LogP contribution in [0, 0.1) is 0 Å². The van der Waals surface area contributed by atoms with Crippen molar-refractivity contribution in [1.29, 1.82) is 0 Å². The minimum absolute atomic E-state index is 0.106. The van der Waals surface area contributed by atoms with Gasteiger partial charge in [-0.3, -0.25) is 9.59 Å². The quantitative estimate of drug-likeness (QED) is 0.379. The number of aryl methyl sites for hydroxylation is 1. The van der Waals surface area contributed by atoms with Crippen LogP contribution < -0.4 is 9.47 Å². The first-order valence-electron chi connectivity index (χ1n) is 9.67. The Morgan fingerprint density at radius 1 is 0.800 bits per heavy atom. The lowest BCUT2D eigenvalue weighted by Crippen LogP contribution is -2.20. The zero-order valence-electron chi connectivity index (χ0n) is 17.0. The molecule has 1 atom stereocenters. The summed E-state index contributed by atoms with van der Waals surface area (Å²) in [5.74, 6) is 0.477. The monoisotopic (exact) mass is 404 g/mol. The average molecular weight is 404 g/mol. The van der Waals surface area contributed by atoms with Gasteiger partial charge < -0.3 is 14.2 Å². The number of Topliss-reactive ketones (excluding diaryl/α,β-unsaturated/α-hetero) is 1. The van der Waals surface area contributed by atoms with Gasteiger partial charge in [0.1, 0.15) is 0 Å². The molecular weight excluding hydrogens is 380 g/mol. The molecule has 0 heterocycles. The van der Waals surface area contributed by atoms with Crippen molar-refractivity contribution in [3.05, 3.63) is 95.6 Å². The molecule has 154 valence electrons. The van der Waals surface area contributed by atoms with Crippen LogP contribution >= 0.6 is 0 Å². The third kappa shape index (κ3) is 5.06. The van der Waals surface area contributed by atoms with Crippen molar-refractivity contribution < 1.29 is 23.8 Å². The zero-order chi connectivity index (χ0) is 21.3. The highest BCUT2D eigenvalue weighted by molar-refractivity contribution is 6.01. The normalized spacial score (nSPS) is 11.4. The van der Waals surface area contributed by atoms with Crippen LogP contribution in [0.2, 0.25) is 0 Å². The van der Waals surface area contributed by atoms with E-state index in [-0.39, 0.29) is 12.2 Å². The molecule has 0 saturated heterocycles. The van der Waals surface area contributed by atoms with E-state index in [1.807, 2.05) is 36.4 Å². The minimum Gasteiger partial charge on any atom is -0.493 e. The second-order valence-electron chi connectivity index (χ2n) is 6.66. The first-order valence-corrected chi connectivity index (χ1v) is 9.67. The second kappa shape index (κ2) is 10.3. The summed E-state index contributed by atoms with van der Waals surface area (Å²) in [6.45, 7) is 0. The standard InChI is InChI=1S/C25H24O5/c1-28-21-15-9-14-20(24(21)29-2)16-17-22(26)30-25(19-12-7-4-8-13-19)23(27)18-10-5-3-6-11-18/h3-15,25H,16-17H2,1-2H3. The molecule has 3 aromatic carbocycles. The van der Waals surface area contributed by atoms with Crippen LogP contribution in [-0.4, -0.2) is 26.0 Å². The molecule has 0 N–H and O–H groups in total. The highest BCUT2D eigenvalue weighted by Crippen LogP contribution is 2.32. The van der Waals surface area contributed by atoms with Gasteiger partial charge in [-0.1, -0.05) is 72.8 Å². The van der Waals surface area contributed by atoms with E-state index in [0.29, 0.717) is 29.0 Å². The molecule has 0 radical (unpaired) electrons. The molecule has 5 nitrogen and oxygen atoms in total. The van der Waals surface area contributed by atoms with Gasteiger partial charge in [-0.25, -0.2) is 0 Å². The van der Waals surface area contributed by atoms with Crippen molar-refractivity contribution in [2.75, 3.05) is 14.2 Å². The van der Waals surface area contributed by atoms with Gasteiger partial charge in [-0.15, -0.1) is 0 Å². The van der Waals surface area contributed by atoms with Crippen LogP contribution in [0.1, 0.15) is 34.0 Å². The molecule has 0 saturated carbocycles. The number of rotatable bonds is 9. The van der Waals surface area contributed by atoms with E-state index in [1.165, 1.54) is 0 Å². The van der Waals surface area contributed by atoms with E-state index in [1.54, 1.807) is 56.7 Å². The lowest BCUT2D eigenvalue weighted by molar-refractivity contribution is -0.147. The Morgan fingerprint density at radius 3 is 2.10 bits per heavy atom. The molecule has 3 aromatic rings. The minimum atomic E-state index is -0.992. The molecule has 0 aliphatic carbocycles. The van der Waals surface area contributed by atoms with Crippen molar-refractivity contribution in [3.63, 3.8) is 0 Å². The number of carbonyl (C=O) groups is 2. The Bertz CT molecular complexity index is 983. The molecule has 0 aromatic heterocycles. The Balaban J connectivity index is 1.75. The van der Waals surface area contributed by atoms with E-state index < -0.39 is 12.1 Å². The summed E-state index contributed by atoms with van der Waals surface area (Å²) in [7, 11) is 3.12. The van der Waals surface area contributed by atoms with Gasteiger partial charge in [0.25, 0.3) is 0 Å². The molecule has 5 heteroatoms. The number of methoxy groups -OCH3 is 2. The van der Waals surface area contributed by atoms with Crippen molar-refractivity contribution in [2.45, 2.75) is 18.9 Å². The second-order valence-corrected chi connectivity index (χ2v) is 6.66. The number of ether oxygens (including phenoxy) is 3. The predicted molar refractivity (Wildman–Crippen MR) is 114 cm³/mol. The van der Waals surface area contributed by atoms with Gasteiger partial charge >= 0.3 is 5.97 Å². The summed E-state index contributed by atoms with van der Waals surface area (Å²) < 4.78 is 16.4. The maximum atomic E-state index is 13.0. The molecule has 0 amide bonds. The van der Waals surface area contributed by atoms with E-state index in [9.17, 15) is 9.59 Å². The number of ketones is 1. The number of benzene rings is 3. The van der Waals surface area contributed by atoms with E-state index in [0.717, 1.165) is 5.56 Å². The van der Waals surface area contributed by atoms with Gasteiger partial charge in [-0.2, -0.15) is 0 Å². The lowest BCUT2D eigenvalue weighted by Gasteiger charge is -2.18. The van der Waals surface area contributed by atoms with Crippen molar-refractivity contribution in [3.8, 4) is 11.5 Å². The molecule has 0 aliphatic rings. The van der Waals surface area contributed by atoms with Crippen LogP contribution in [0.4, 0.5) is 0 Å². The predicted octanol–water partition coefficient (Wildman–Crippen LogP) is 4.80. The molecule has 3 rings (SSSR count). The highest BCUT2D eigenvalue weighted by atomic mass is 16.5. The Morgan fingerprint density at radius 2 is 1.47 bits per heavy atom.